The van der Waals surface area contributed by atoms with Crippen LogP contribution in [0.25, 0.3) is 0 Å². The van der Waals surface area contributed by atoms with E-state index < -0.39 is 5.60 Å². The van der Waals surface area contributed by atoms with Crippen molar-refractivity contribution in [2.24, 2.45) is 29.1 Å². The number of fused-ring (bicyclic) bond motifs is 5. The normalized spacial score (nSPS) is 49.3. The Morgan fingerprint density at radius 2 is 2.04 bits per heavy atom. The molecule has 126 valence electrons. The van der Waals surface area contributed by atoms with Crippen LogP contribution in [0.15, 0.2) is 23.8 Å². The molecule has 0 saturated heterocycles. The van der Waals surface area contributed by atoms with Crippen LogP contribution in [0.1, 0.15) is 65.2 Å². The van der Waals surface area contributed by atoms with Crippen LogP contribution in [0.4, 0.5) is 0 Å². The minimum atomic E-state index is -0.706. The molecule has 6 atom stereocenters. The number of carbonyl (C=O) groups is 1. The fraction of sp³-hybridized carbons (Fsp3) is 0.762. The molecule has 0 aromatic rings. The van der Waals surface area contributed by atoms with Gasteiger partial charge in [-0.05, 0) is 74.2 Å². The molecule has 2 heteroatoms. The number of carbonyl (C=O) groups excluding carboxylic acids is 1. The van der Waals surface area contributed by atoms with Gasteiger partial charge in [0.2, 0.25) is 0 Å². The first-order chi connectivity index (χ1) is 10.9. The molecule has 23 heavy (non-hydrogen) atoms. The Hall–Kier alpha value is -0.890. The quantitative estimate of drug-likeness (QED) is 0.777. The topological polar surface area (TPSA) is 37.3 Å². The van der Waals surface area contributed by atoms with Crippen molar-refractivity contribution in [1.82, 2.24) is 0 Å². The van der Waals surface area contributed by atoms with Crippen LogP contribution < -0.4 is 0 Å². The second kappa shape index (κ2) is 5.05. The van der Waals surface area contributed by atoms with E-state index >= 15 is 0 Å². The number of allylic oxidation sites excluding steroid dienone is 1. The summed E-state index contributed by atoms with van der Waals surface area (Å²) in [6, 6.07) is 0. The Balaban J connectivity index is 1.66. The van der Waals surface area contributed by atoms with Gasteiger partial charge in [0.1, 0.15) is 5.78 Å². The van der Waals surface area contributed by atoms with E-state index in [1.807, 2.05) is 0 Å². The van der Waals surface area contributed by atoms with Crippen LogP contribution in [0.3, 0.4) is 0 Å². The summed E-state index contributed by atoms with van der Waals surface area (Å²) in [6.45, 7) is 8.44. The second-order valence-corrected chi connectivity index (χ2v) is 8.83. The molecule has 0 bridgehead atoms. The van der Waals surface area contributed by atoms with Gasteiger partial charge < -0.3 is 5.11 Å². The van der Waals surface area contributed by atoms with Crippen molar-refractivity contribution in [3.05, 3.63) is 23.8 Å². The largest absolute Gasteiger partial charge is 0.385 e. The summed E-state index contributed by atoms with van der Waals surface area (Å²) in [5.41, 5.74) is 1.70. The summed E-state index contributed by atoms with van der Waals surface area (Å²) >= 11 is 0. The van der Waals surface area contributed by atoms with Crippen molar-refractivity contribution in [1.29, 1.82) is 0 Å². The summed E-state index contributed by atoms with van der Waals surface area (Å²) in [5.74, 6) is 2.99. The molecule has 3 saturated carbocycles. The van der Waals surface area contributed by atoms with Crippen LogP contribution >= 0.6 is 0 Å². The van der Waals surface area contributed by atoms with Crippen LogP contribution in [0.5, 0.6) is 0 Å². The molecule has 0 amide bonds. The lowest BCUT2D eigenvalue weighted by Crippen LogP contribution is -2.49. The van der Waals surface area contributed by atoms with Crippen molar-refractivity contribution in [2.75, 3.05) is 0 Å². The third kappa shape index (κ3) is 2.06. The molecule has 4 rings (SSSR count). The Labute approximate surface area is 140 Å². The monoisotopic (exact) mass is 314 g/mol. The lowest BCUT2D eigenvalue weighted by Gasteiger charge is -2.54. The molecule has 0 unspecified atom stereocenters. The maximum Gasteiger partial charge on any atom is 0.139 e. The highest BCUT2D eigenvalue weighted by Crippen LogP contribution is 2.61. The van der Waals surface area contributed by atoms with Gasteiger partial charge in [-0.2, -0.15) is 0 Å². The standard InChI is InChI=1S/C21H30O2/c1-4-21(23)12-17-14(11-13(21)2)5-6-16-15(17)9-10-20(3)18(16)7-8-19(20)22/h11,15-18,23H,2,4-10,12H2,1,3H3/t15-,16+,17-,18-,20-,21-/m0/s1. The molecule has 4 aliphatic rings. The van der Waals surface area contributed by atoms with Crippen molar-refractivity contribution in [3.8, 4) is 0 Å². The Kier molecular flexibility index (Phi) is 3.43. The molecule has 0 heterocycles. The van der Waals surface area contributed by atoms with Gasteiger partial charge in [-0.25, -0.2) is 0 Å². The molecule has 0 aliphatic heterocycles. The van der Waals surface area contributed by atoms with Gasteiger partial charge in [-0.3, -0.25) is 4.79 Å². The van der Waals surface area contributed by atoms with Crippen molar-refractivity contribution < 1.29 is 9.90 Å². The lowest BCUT2D eigenvalue weighted by molar-refractivity contribution is -0.131. The second-order valence-electron chi connectivity index (χ2n) is 8.83. The van der Waals surface area contributed by atoms with E-state index in [1.165, 1.54) is 12.0 Å². The molecule has 2 nitrogen and oxygen atoms in total. The zero-order valence-electron chi connectivity index (χ0n) is 14.6. The number of aliphatic hydroxyl groups is 1. The molecule has 0 radical (unpaired) electrons. The van der Waals surface area contributed by atoms with Crippen molar-refractivity contribution in [2.45, 2.75) is 70.8 Å². The summed E-state index contributed by atoms with van der Waals surface area (Å²) in [6.07, 6.45) is 10.3. The SMILES string of the molecule is C=C1C=C2CC[C@@H]3[C@H](CC[C@]4(C)C(=O)CC[C@@H]34)[C@H]2C[C@@]1(O)CC. The summed E-state index contributed by atoms with van der Waals surface area (Å²) in [5, 5.41) is 11.0. The summed E-state index contributed by atoms with van der Waals surface area (Å²) < 4.78 is 0. The number of ketones is 1. The number of Topliss-reactive ketones (excluding diaryl/α,β-unsaturated/α-hetero) is 1. The summed E-state index contributed by atoms with van der Waals surface area (Å²) in [4.78, 5) is 12.4. The predicted molar refractivity (Wildman–Crippen MR) is 91.9 cm³/mol. The molecule has 3 fully saturated rings. The Morgan fingerprint density at radius 1 is 1.26 bits per heavy atom. The van der Waals surface area contributed by atoms with E-state index in [0.29, 0.717) is 29.5 Å². The van der Waals surface area contributed by atoms with Crippen LogP contribution in [-0.2, 0) is 4.79 Å². The molecule has 4 aliphatic carbocycles. The van der Waals surface area contributed by atoms with Gasteiger partial charge in [0, 0.05) is 11.8 Å². The fourth-order valence-electron chi connectivity index (χ4n) is 6.48. The smallest absolute Gasteiger partial charge is 0.139 e. The van der Waals surface area contributed by atoms with Crippen LogP contribution in [0, 0.1) is 29.1 Å². The van der Waals surface area contributed by atoms with Gasteiger partial charge in [-0.1, -0.05) is 32.1 Å². The lowest BCUT2D eigenvalue weighted by atomic mass is 9.51. The van der Waals surface area contributed by atoms with Crippen molar-refractivity contribution >= 4 is 5.78 Å². The van der Waals surface area contributed by atoms with Gasteiger partial charge in [0.15, 0.2) is 0 Å². The Morgan fingerprint density at radius 3 is 2.78 bits per heavy atom. The molecule has 0 aromatic carbocycles. The highest BCUT2D eigenvalue weighted by atomic mass is 16.3. The molecule has 1 N–H and O–H groups in total. The first-order valence-electron chi connectivity index (χ1n) is 9.54. The minimum absolute atomic E-state index is 0.0400. The van der Waals surface area contributed by atoms with Gasteiger partial charge in [0.05, 0.1) is 5.60 Å². The third-order valence-electron chi connectivity index (χ3n) is 8.06. The van der Waals surface area contributed by atoms with E-state index in [4.69, 9.17) is 0 Å². The van der Waals surface area contributed by atoms with Gasteiger partial charge in [0.25, 0.3) is 0 Å². The highest BCUT2D eigenvalue weighted by molar-refractivity contribution is 5.87. The maximum absolute atomic E-state index is 12.4. The molecular formula is C21H30O2. The number of hydrogen-bond donors (Lipinski definition) is 1. The van der Waals surface area contributed by atoms with E-state index in [9.17, 15) is 9.90 Å². The molecule has 0 aromatic heterocycles. The zero-order chi connectivity index (χ0) is 16.4. The van der Waals surface area contributed by atoms with E-state index in [0.717, 1.165) is 50.5 Å². The van der Waals surface area contributed by atoms with E-state index in [1.54, 1.807) is 0 Å². The first kappa shape index (κ1) is 15.6. The van der Waals surface area contributed by atoms with Crippen molar-refractivity contribution in [3.63, 3.8) is 0 Å². The predicted octanol–water partition coefficient (Wildman–Crippen LogP) is 4.44. The average Bonchev–Trinajstić information content (AvgIpc) is 2.84. The Bertz CT molecular complexity index is 589. The van der Waals surface area contributed by atoms with Gasteiger partial charge in [-0.15, -0.1) is 0 Å². The highest BCUT2D eigenvalue weighted by Gasteiger charge is 2.57. The first-order valence-corrected chi connectivity index (χ1v) is 9.54. The summed E-state index contributed by atoms with van der Waals surface area (Å²) in [7, 11) is 0. The van der Waals surface area contributed by atoms with E-state index in [-0.39, 0.29) is 5.41 Å². The van der Waals surface area contributed by atoms with Gasteiger partial charge >= 0.3 is 0 Å². The minimum Gasteiger partial charge on any atom is -0.385 e. The zero-order valence-corrected chi connectivity index (χ0v) is 14.6. The maximum atomic E-state index is 12.4. The molecular weight excluding hydrogens is 284 g/mol. The van der Waals surface area contributed by atoms with Crippen LogP contribution in [0.2, 0.25) is 0 Å². The third-order valence-corrected chi connectivity index (χ3v) is 8.06. The average molecular weight is 314 g/mol. The fourth-order valence-corrected chi connectivity index (χ4v) is 6.48. The number of rotatable bonds is 1. The number of hydrogen-bond acceptors (Lipinski definition) is 2. The van der Waals surface area contributed by atoms with Crippen LogP contribution in [-0.4, -0.2) is 16.5 Å². The molecule has 0 spiro atoms. The van der Waals surface area contributed by atoms with E-state index in [2.05, 4.69) is 26.5 Å².